The molecule has 12 heteroatoms. The van der Waals surface area contributed by atoms with Crippen LogP contribution in [0.5, 0.6) is 0 Å². The molecule has 1 aromatic rings. The van der Waals surface area contributed by atoms with Gasteiger partial charge in [-0.25, -0.2) is 4.39 Å². The average molecular weight is 444 g/mol. The van der Waals surface area contributed by atoms with Crippen LogP contribution in [-0.2, 0) is 6.42 Å². The Hall–Kier alpha value is -1.59. The molecule has 1 saturated carbocycles. The minimum absolute atomic E-state index is 0.115. The minimum atomic E-state index is -7.26. The maximum absolute atomic E-state index is 14.8. The number of benzene rings is 1. The van der Waals surface area contributed by atoms with Crippen molar-refractivity contribution in [3.8, 4) is 0 Å². The molecule has 0 bridgehead atoms. The number of hydrogen-bond acceptors (Lipinski definition) is 1. The van der Waals surface area contributed by atoms with Gasteiger partial charge in [0.2, 0.25) is 0 Å². The molecule has 1 N–H and O–H groups in total. The Morgan fingerprint density at radius 2 is 1.14 bits per heavy atom. The van der Waals surface area contributed by atoms with Crippen molar-refractivity contribution in [1.29, 1.82) is 0 Å². The highest BCUT2D eigenvalue weighted by Gasteiger charge is 3.00. The van der Waals surface area contributed by atoms with Crippen molar-refractivity contribution in [1.82, 2.24) is 0 Å². The van der Waals surface area contributed by atoms with Gasteiger partial charge < -0.3 is 5.11 Å². The first-order valence-electron chi connectivity index (χ1n) is 8.28. The second-order valence-electron chi connectivity index (χ2n) is 6.84. The predicted molar refractivity (Wildman–Crippen MR) is 78.6 cm³/mol. The van der Waals surface area contributed by atoms with E-state index >= 15 is 0 Å². The Kier molecular flexibility index (Phi) is 5.48. The number of aryl methyl sites for hydroxylation is 1. The lowest BCUT2D eigenvalue weighted by Crippen LogP contribution is -2.83. The molecule has 0 aliphatic heterocycles. The fourth-order valence-electron chi connectivity index (χ4n) is 3.28. The molecule has 1 atom stereocenters. The summed E-state index contributed by atoms with van der Waals surface area (Å²) < 4.78 is 151. The van der Waals surface area contributed by atoms with Crippen LogP contribution in [0.2, 0.25) is 0 Å². The van der Waals surface area contributed by atoms with Gasteiger partial charge in [-0.05, 0) is 17.5 Å². The zero-order valence-electron chi connectivity index (χ0n) is 14.6. The van der Waals surface area contributed by atoms with Gasteiger partial charge in [0, 0.05) is 6.42 Å². The molecule has 0 heterocycles. The fraction of sp³-hybridized carbons (Fsp3) is 0.647. The normalized spacial score (nSPS) is 26.7. The fourth-order valence-corrected chi connectivity index (χ4v) is 3.28. The van der Waals surface area contributed by atoms with Gasteiger partial charge in [-0.15, -0.1) is 0 Å². The van der Waals surface area contributed by atoms with Crippen LogP contribution < -0.4 is 0 Å². The molecule has 2 rings (SSSR count). The second kappa shape index (κ2) is 6.71. The van der Waals surface area contributed by atoms with Crippen LogP contribution in [0.3, 0.4) is 0 Å². The summed E-state index contributed by atoms with van der Waals surface area (Å²) in [6, 6.07) is 4.78. The van der Waals surface area contributed by atoms with Crippen molar-refractivity contribution in [3.63, 3.8) is 0 Å². The van der Waals surface area contributed by atoms with E-state index in [0.29, 0.717) is 6.42 Å². The molecule has 1 aliphatic rings. The highest BCUT2D eigenvalue weighted by Crippen LogP contribution is 2.70. The third-order valence-electron chi connectivity index (χ3n) is 4.98. The molecule has 0 spiro atoms. The van der Waals surface area contributed by atoms with E-state index < -0.39 is 53.4 Å². The quantitative estimate of drug-likeness (QED) is 0.556. The van der Waals surface area contributed by atoms with E-state index in [2.05, 4.69) is 0 Å². The first kappa shape index (κ1) is 23.7. The number of hydrogen-bond donors (Lipinski definition) is 1. The highest BCUT2D eigenvalue weighted by molar-refractivity contribution is 5.32. The summed E-state index contributed by atoms with van der Waals surface area (Å²) in [6.07, 6.45) is -4.87. The predicted octanol–water partition coefficient (Wildman–Crippen LogP) is 5.96. The van der Waals surface area contributed by atoms with E-state index in [9.17, 15) is 53.4 Å². The zero-order valence-corrected chi connectivity index (χ0v) is 14.6. The van der Waals surface area contributed by atoms with Crippen molar-refractivity contribution < 1.29 is 53.4 Å². The van der Waals surface area contributed by atoms with Gasteiger partial charge in [0.1, 0.15) is 0 Å². The number of rotatable bonds is 5. The summed E-state index contributed by atoms with van der Waals surface area (Å²) in [4.78, 5) is 0. The van der Waals surface area contributed by atoms with Crippen LogP contribution in [0.4, 0.5) is 48.3 Å². The Labute approximate surface area is 157 Å². The Morgan fingerprint density at radius 1 is 0.724 bits per heavy atom. The van der Waals surface area contributed by atoms with Crippen LogP contribution in [0.1, 0.15) is 37.0 Å². The molecule has 166 valence electrons. The first-order chi connectivity index (χ1) is 12.9. The van der Waals surface area contributed by atoms with Crippen LogP contribution in [-0.4, -0.2) is 40.4 Å². The summed E-state index contributed by atoms with van der Waals surface area (Å²) in [5.41, 5.74) is -6.52. The molecule has 29 heavy (non-hydrogen) atoms. The summed E-state index contributed by atoms with van der Waals surface area (Å²) in [5.74, 6) is -35.5. The van der Waals surface area contributed by atoms with Gasteiger partial charge >= 0.3 is 29.6 Å². The van der Waals surface area contributed by atoms with E-state index in [-0.39, 0.29) is 12.0 Å². The molecule has 1 unspecified atom stereocenters. The molecule has 0 saturated heterocycles. The van der Waals surface area contributed by atoms with Crippen LogP contribution in [0.15, 0.2) is 24.3 Å². The van der Waals surface area contributed by atoms with Crippen molar-refractivity contribution in [2.24, 2.45) is 0 Å². The maximum atomic E-state index is 14.8. The molecule has 1 aliphatic carbocycles. The van der Waals surface area contributed by atoms with Crippen molar-refractivity contribution in [2.75, 3.05) is 0 Å². The van der Waals surface area contributed by atoms with Crippen LogP contribution in [0.25, 0.3) is 0 Å². The lowest BCUT2D eigenvalue weighted by atomic mass is 9.69. The number of aliphatic hydroxyl groups is 1. The first-order valence-corrected chi connectivity index (χ1v) is 8.28. The third kappa shape index (κ3) is 2.77. The van der Waals surface area contributed by atoms with E-state index in [1.165, 1.54) is 12.1 Å². The lowest BCUT2D eigenvalue weighted by Gasteiger charge is -2.53. The Balaban J connectivity index is 2.63. The lowest BCUT2D eigenvalue weighted by molar-refractivity contribution is -0.487. The van der Waals surface area contributed by atoms with Crippen molar-refractivity contribution in [2.45, 2.75) is 67.6 Å². The number of alkyl halides is 11. The molecular weight excluding hydrogens is 429 g/mol. The van der Waals surface area contributed by atoms with Gasteiger partial charge in [-0.3, -0.25) is 0 Å². The van der Waals surface area contributed by atoms with E-state index in [4.69, 9.17) is 0 Å². The van der Waals surface area contributed by atoms with E-state index in [0.717, 1.165) is 12.1 Å². The number of aliphatic hydroxyl groups excluding tert-OH is 1. The summed E-state index contributed by atoms with van der Waals surface area (Å²) in [6.45, 7) is 1.62. The van der Waals surface area contributed by atoms with E-state index in [1.807, 2.05) is 0 Å². The maximum Gasteiger partial charge on any atom is 0.384 e. The summed E-state index contributed by atoms with van der Waals surface area (Å²) in [5, 5.41) is 10.00. The van der Waals surface area contributed by atoms with Gasteiger partial charge in [-0.1, -0.05) is 37.6 Å². The Morgan fingerprint density at radius 3 is 1.59 bits per heavy atom. The van der Waals surface area contributed by atoms with Crippen LogP contribution in [0, 0.1) is 0 Å². The summed E-state index contributed by atoms with van der Waals surface area (Å²) in [7, 11) is 0. The van der Waals surface area contributed by atoms with E-state index in [1.54, 1.807) is 6.92 Å². The van der Waals surface area contributed by atoms with Crippen LogP contribution >= 0.6 is 0 Å². The topological polar surface area (TPSA) is 20.2 Å². The van der Waals surface area contributed by atoms with Gasteiger partial charge in [0.25, 0.3) is 5.67 Å². The average Bonchev–Trinajstić information content (AvgIpc) is 2.60. The monoisotopic (exact) mass is 444 g/mol. The van der Waals surface area contributed by atoms with Crippen molar-refractivity contribution in [3.05, 3.63) is 35.4 Å². The zero-order chi connectivity index (χ0) is 22.7. The molecule has 0 amide bonds. The summed E-state index contributed by atoms with van der Waals surface area (Å²) >= 11 is 0. The molecular formula is C17H15F11O. The second-order valence-corrected chi connectivity index (χ2v) is 6.84. The smallest absolute Gasteiger partial charge is 0.384 e. The van der Waals surface area contributed by atoms with Gasteiger partial charge in [0.15, 0.2) is 0 Å². The standard InChI is InChI=1S/C17H15F11O/c1-2-5-9-6-3-4-7-10(9)11(29)8-12(18)13(19,20)15(23,24)17(27,28)16(25,26)14(12,21)22/h3-4,6-7,11,29H,2,5,8H2,1H3. The third-order valence-corrected chi connectivity index (χ3v) is 4.98. The van der Waals surface area contributed by atoms with Crippen molar-refractivity contribution >= 4 is 0 Å². The highest BCUT2D eigenvalue weighted by atomic mass is 19.4. The molecule has 0 radical (unpaired) electrons. The molecule has 1 aromatic carbocycles. The minimum Gasteiger partial charge on any atom is -0.388 e. The SMILES string of the molecule is CCCc1ccccc1C(O)CC1(F)C(F)(F)C(F)(F)C(F)(F)C(F)(F)C1(F)F. The molecule has 1 nitrogen and oxygen atoms in total. The van der Waals surface area contributed by atoms with Gasteiger partial charge in [0.05, 0.1) is 6.10 Å². The largest absolute Gasteiger partial charge is 0.388 e. The molecule has 0 aromatic heterocycles. The Bertz CT molecular complexity index is 730. The van der Waals surface area contributed by atoms with Gasteiger partial charge in [-0.2, -0.15) is 43.9 Å². The molecule has 1 fully saturated rings. The number of halogens is 11.